The van der Waals surface area contributed by atoms with Gasteiger partial charge in [-0.25, -0.2) is 17.9 Å². The summed E-state index contributed by atoms with van der Waals surface area (Å²) in [5.74, 6) is -0.940. The van der Waals surface area contributed by atoms with Gasteiger partial charge < -0.3 is 21.3 Å². The number of carbonyl (C=O) groups is 1. The topological polar surface area (TPSA) is 192 Å². The van der Waals surface area contributed by atoms with Crippen LogP contribution in [0, 0.1) is 10.8 Å². The molecular weight excluding hydrogens is 470 g/mol. The number of nitrogens with two attached hydrogens (primary N) is 2. The predicted molar refractivity (Wildman–Crippen MR) is 132 cm³/mol. The van der Waals surface area contributed by atoms with E-state index in [1.54, 1.807) is 48.5 Å². The van der Waals surface area contributed by atoms with E-state index in [9.17, 15) is 13.2 Å². The average Bonchev–Trinajstić information content (AvgIpc) is 2.83. The number of sulfonamides is 1. The molecular formula is C24H25N5O5S. The van der Waals surface area contributed by atoms with Gasteiger partial charge in [0.25, 0.3) is 0 Å². The summed E-state index contributed by atoms with van der Waals surface area (Å²) >= 11 is 0. The SMILES string of the molecule is N=C(N)c1ccc(C[C@@H](COc2cccc(C(=N)N)c2)NS(=O)(=O)c2ccc(C(=O)O)cc2)cc1. The third-order valence-corrected chi connectivity index (χ3v) is 6.61. The summed E-state index contributed by atoms with van der Waals surface area (Å²) in [5.41, 5.74) is 12.8. The molecule has 0 aliphatic carbocycles. The molecule has 0 saturated heterocycles. The lowest BCUT2D eigenvalue weighted by Gasteiger charge is -2.20. The van der Waals surface area contributed by atoms with Crippen molar-refractivity contribution in [1.82, 2.24) is 4.72 Å². The molecule has 182 valence electrons. The van der Waals surface area contributed by atoms with E-state index in [4.69, 9.17) is 32.1 Å². The van der Waals surface area contributed by atoms with Gasteiger partial charge in [0, 0.05) is 11.1 Å². The van der Waals surface area contributed by atoms with E-state index >= 15 is 0 Å². The predicted octanol–water partition coefficient (Wildman–Crippen LogP) is 1.92. The lowest BCUT2D eigenvalue weighted by atomic mass is 10.0. The molecule has 0 heterocycles. The smallest absolute Gasteiger partial charge is 0.335 e. The molecule has 0 unspecified atom stereocenters. The summed E-state index contributed by atoms with van der Waals surface area (Å²) < 4.78 is 34.4. The zero-order chi connectivity index (χ0) is 25.6. The highest BCUT2D eigenvalue weighted by molar-refractivity contribution is 7.89. The van der Waals surface area contributed by atoms with Crippen LogP contribution in [0.25, 0.3) is 0 Å². The summed E-state index contributed by atoms with van der Waals surface area (Å²) in [4.78, 5) is 11.0. The maximum atomic E-state index is 13.0. The third-order valence-electron chi connectivity index (χ3n) is 5.08. The third kappa shape index (κ3) is 6.88. The number of amidine groups is 2. The summed E-state index contributed by atoms with van der Waals surface area (Å²) in [6, 6.07) is 17.6. The molecule has 0 amide bonds. The van der Waals surface area contributed by atoms with Crippen molar-refractivity contribution in [1.29, 1.82) is 10.8 Å². The Kier molecular flexibility index (Phi) is 7.84. The first kappa shape index (κ1) is 25.4. The minimum atomic E-state index is -4.00. The van der Waals surface area contributed by atoms with E-state index in [0.717, 1.165) is 5.56 Å². The van der Waals surface area contributed by atoms with Crippen molar-refractivity contribution >= 4 is 27.7 Å². The highest BCUT2D eigenvalue weighted by atomic mass is 32.2. The summed E-state index contributed by atoms with van der Waals surface area (Å²) in [7, 11) is -4.00. The Balaban J connectivity index is 1.83. The van der Waals surface area contributed by atoms with E-state index in [0.29, 0.717) is 16.9 Å². The van der Waals surface area contributed by atoms with Crippen LogP contribution in [0.4, 0.5) is 0 Å². The van der Waals surface area contributed by atoms with Gasteiger partial charge in [-0.1, -0.05) is 36.4 Å². The summed E-state index contributed by atoms with van der Waals surface area (Å²) in [6.45, 7) is -0.0394. The average molecular weight is 496 g/mol. The Bertz CT molecular complexity index is 1340. The molecule has 0 fully saturated rings. The molecule has 35 heavy (non-hydrogen) atoms. The van der Waals surface area contributed by atoms with Crippen LogP contribution in [-0.2, 0) is 16.4 Å². The van der Waals surface area contributed by atoms with Gasteiger partial charge in [-0.15, -0.1) is 0 Å². The quantitative estimate of drug-likeness (QED) is 0.173. The Hall–Kier alpha value is -4.22. The van der Waals surface area contributed by atoms with E-state index in [-0.39, 0.29) is 35.2 Å². The van der Waals surface area contributed by atoms with E-state index < -0.39 is 22.0 Å². The van der Waals surface area contributed by atoms with Gasteiger partial charge in [0.2, 0.25) is 10.0 Å². The van der Waals surface area contributed by atoms with Gasteiger partial charge in [0.15, 0.2) is 0 Å². The van der Waals surface area contributed by atoms with Gasteiger partial charge in [0.05, 0.1) is 16.5 Å². The minimum absolute atomic E-state index is 0.0280. The molecule has 3 aromatic carbocycles. The molecule has 3 rings (SSSR count). The normalized spacial score (nSPS) is 12.0. The molecule has 0 saturated carbocycles. The highest BCUT2D eigenvalue weighted by Crippen LogP contribution is 2.17. The number of ether oxygens (including phenoxy) is 1. The second-order valence-corrected chi connectivity index (χ2v) is 9.43. The van der Waals surface area contributed by atoms with Crippen molar-refractivity contribution in [3.8, 4) is 5.75 Å². The second-order valence-electron chi connectivity index (χ2n) is 7.71. The Labute approximate surface area is 202 Å². The first-order valence-corrected chi connectivity index (χ1v) is 11.9. The Morgan fingerprint density at radius 1 is 0.914 bits per heavy atom. The molecule has 8 N–H and O–H groups in total. The number of nitrogens with one attached hydrogen (secondary N) is 3. The molecule has 10 nitrogen and oxygen atoms in total. The van der Waals surface area contributed by atoms with Crippen LogP contribution in [-0.4, -0.2) is 43.8 Å². The van der Waals surface area contributed by atoms with Crippen molar-refractivity contribution in [3.63, 3.8) is 0 Å². The van der Waals surface area contributed by atoms with Crippen LogP contribution in [0.5, 0.6) is 5.75 Å². The highest BCUT2D eigenvalue weighted by Gasteiger charge is 2.22. The molecule has 0 aromatic heterocycles. The molecule has 3 aromatic rings. The standard InChI is InChI=1S/C24H25N5O5S/c25-22(26)16-6-4-15(5-7-16)12-19(14-34-20-3-1-2-18(13-20)23(27)28)29-35(32,33)21-10-8-17(9-11-21)24(30)31/h1-11,13,19,29H,12,14H2,(H3,25,26)(H3,27,28)(H,30,31)/t19-/m0/s1. The number of rotatable bonds is 11. The maximum absolute atomic E-state index is 13.0. The first-order valence-electron chi connectivity index (χ1n) is 10.4. The van der Waals surface area contributed by atoms with Crippen LogP contribution in [0.2, 0.25) is 0 Å². The Morgan fingerprint density at radius 2 is 1.51 bits per heavy atom. The van der Waals surface area contributed by atoms with Crippen molar-refractivity contribution < 1.29 is 23.1 Å². The van der Waals surface area contributed by atoms with E-state index in [1.165, 1.54) is 24.3 Å². The van der Waals surface area contributed by atoms with Gasteiger partial charge in [-0.2, -0.15) is 0 Å². The number of carboxylic acids is 1. The van der Waals surface area contributed by atoms with Crippen LogP contribution in [0.3, 0.4) is 0 Å². The Morgan fingerprint density at radius 3 is 2.09 bits per heavy atom. The summed E-state index contributed by atoms with van der Waals surface area (Å²) in [6.07, 6.45) is 0.261. The molecule has 0 bridgehead atoms. The number of hydrogen-bond donors (Lipinski definition) is 6. The molecule has 0 aliphatic heterocycles. The zero-order valence-corrected chi connectivity index (χ0v) is 19.4. The fourth-order valence-corrected chi connectivity index (χ4v) is 4.47. The zero-order valence-electron chi connectivity index (χ0n) is 18.6. The number of hydrogen-bond acceptors (Lipinski definition) is 6. The molecule has 11 heteroatoms. The number of aromatic carboxylic acids is 1. The van der Waals surface area contributed by atoms with Crippen LogP contribution in [0.1, 0.15) is 27.0 Å². The van der Waals surface area contributed by atoms with Gasteiger partial charge in [0.1, 0.15) is 24.0 Å². The minimum Gasteiger partial charge on any atom is -0.492 e. The summed E-state index contributed by atoms with van der Waals surface area (Å²) in [5, 5.41) is 24.1. The van der Waals surface area contributed by atoms with Crippen molar-refractivity contribution in [2.24, 2.45) is 11.5 Å². The van der Waals surface area contributed by atoms with Gasteiger partial charge >= 0.3 is 5.97 Å². The monoisotopic (exact) mass is 495 g/mol. The van der Waals surface area contributed by atoms with Gasteiger partial charge in [-0.05, 0) is 48.4 Å². The number of nitrogen functional groups attached to an aromatic ring is 2. The fraction of sp³-hybridized carbons (Fsp3) is 0.125. The maximum Gasteiger partial charge on any atom is 0.335 e. The molecule has 0 radical (unpaired) electrons. The molecule has 0 spiro atoms. The van der Waals surface area contributed by atoms with Crippen molar-refractivity contribution in [3.05, 3.63) is 95.1 Å². The molecule has 1 atom stereocenters. The van der Waals surface area contributed by atoms with Crippen LogP contribution >= 0.6 is 0 Å². The van der Waals surface area contributed by atoms with Gasteiger partial charge in [-0.3, -0.25) is 10.8 Å². The largest absolute Gasteiger partial charge is 0.492 e. The number of benzene rings is 3. The van der Waals surface area contributed by atoms with E-state index in [2.05, 4.69) is 4.72 Å². The molecule has 0 aliphatic rings. The van der Waals surface area contributed by atoms with E-state index in [1.807, 2.05) is 0 Å². The van der Waals surface area contributed by atoms with Crippen molar-refractivity contribution in [2.75, 3.05) is 6.61 Å². The first-order chi connectivity index (χ1) is 16.5. The van der Waals surface area contributed by atoms with Crippen LogP contribution in [0.15, 0.2) is 77.7 Å². The fourth-order valence-electron chi connectivity index (χ4n) is 3.25. The lowest BCUT2D eigenvalue weighted by molar-refractivity contribution is 0.0696. The van der Waals surface area contributed by atoms with Crippen LogP contribution < -0.4 is 20.9 Å². The van der Waals surface area contributed by atoms with Crippen molar-refractivity contribution in [2.45, 2.75) is 17.4 Å². The lowest BCUT2D eigenvalue weighted by Crippen LogP contribution is -2.40. The second kappa shape index (κ2) is 10.8. The number of carboxylic acid groups (broad SMARTS) is 1.